The Kier molecular flexibility index (Phi) is 9.47. The van der Waals surface area contributed by atoms with Gasteiger partial charge in [-0.1, -0.05) is 6.07 Å². The first-order chi connectivity index (χ1) is 18.4. The molecule has 2 aliphatic rings. The van der Waals surface area contributed by atoms with E-state index in [0.29, 0.717) is 23.7 Å². The van der Waals surface area contributed by atoms with Crippen LogP contribution in [0.4, 0.5) is 4.79 Å². The maximum Gasteiger partial charge on any atom is 0.337 e. The van der Waals surface area contributed by atoms with Crippen molar-refractivity contribution in [1.82, 2.24) is 19.8 Å². The van der Waals surface area contributed by atoms with Gasteiger partial charge in [0, 0.05) is 44.2 Å². The second-order valence-corrected chi connectivity index (χ2v) is 11.0. The third-order valence-corrected chi connectivity index (χ3v) is 8.29. The molecule has 39 heavy (non-hydrogen) atoms. The zero-order valence-corrected chi connectivity index (χ0v) is 22.3. The Morgan fingerprint density at radius 1 is 1.28 bits per heavy atom. The van der Waals surface area contributed by atoms with Gasteiger partial charge in [0.15, 0.2) is 0 Å². The summed E-state index contributed by atoms with van der Waals surface area (Å²) in [5.74, 6) is 1.51. The summed E-state index contributed by atoms with van der Waals surface area (Å²) in [6.45, 7) is 2.37. The molecule has 16 heteroatoms. The van der Waals surface area contributed by atoms with Crippen LogP contribution in [-0.2, 0) is 19.6 Å². The molecular formula is C23H32N6O9S. The number of hydrogen-bond donors (Lipinski definition) is 5. The number of carbonyl (C=O) groups is 4. The van der Waals surface area contributed by atoms with Gasteiger partial charge in [0.1, 0.15) is 11.1 Å². The number of aliphatic carboxylic acids is 1. The van der Waals surface area contributed by atoms with Gasteiger partial charge in [-0.15, -0.1) is 0 Å². The molecule has 1 aromatic carbocycles. The Labute approximate surface area is 225 Å². The first-order valence-electron chi connectivity index (χ1n) is 12.2. The van der Waals surface area contributed by atoms with Crippen molar-refractivity contribution >= 4 is 40.1 Å². The normalized spacial score (nSPS) is 18.4. The smallest absolute Gasteiger partial charge is 0.337 e. The van der Waals surface area contributed by atoms with Crippen molar-refractivity contribution < 1.29 is 42.5 Å². The van der Waals surface area contributed by atoms with Crippen molar-refractivity contribution in [3.05, 3.63) is 28.8 Å². The molecule has 1 heterocycles. The van der Waals surface area contributed by atoms with E-state index < -0.39 is 68.6 Å². The third-order valence-electron chi connectivity index (χ3n) is 6.31. The number of carboxylic acid groups (broad SMARTS) is 2. The number of likely N-dealkylation sites (N-methyl/N-ethyl adjacent to an activating group) is 1. The zero-order chi connectivity index (χ0) is 28.9. The first kappa shape index (κ1) is 29.8. The van der Waals surface area contributed by atoms with Gasteiger partial charge < -0.3 is 36.3 Å². The molecule has 2 atom stereocenters. The van der Waals surface area contributed by atoms with Crippen LogP contribution < -0.4 is 16.5 Å². The lowest BCUT2D eigenvalue weighted by atomic mass is 10.0. The van der Waals surface area contributed by atoms with Crippen molar-refractivity contribution in [3.8, 4) is 0 Å². The molecule has 6 N–H and O–H groups in total. The Morgan fingerprint density at radius 3 is 2.51 bits per heavy atom. The largest absolute Gasteiger partial charge is 0.481 e. The maximum absolute atomic E-state index is 14.2. The predicted molar refractivity (Wildman–Crippen MR) is 137 cm³/mol. The van der Waals surface area contributed by atoms with E-state index in [9.17, 15) is 32.7 Å². The Hall–Kier alpha value is -3.76. The minimum absolute atomic E-state index is 0.109. The Morgan fingerprint density at radius 2 is 1.97 bits per heavy atom. The number of sulfonamides is 1. The van der Waals surface area contributed by atoms with Crippen LogP contribution in [0.1, 0.15) is 58.9 Å². The lowest BCUT2D eigenvalue weighted by Crippen LogP contribution is -2.51. The van der Waals surface area contributed by atoms with Gasteiger partial charge in [-0.25, -0.2) is 22.3 Å². The van der Waals surface area contributed by atoms with E-state index in [1.54, 1.807) is 0 Å². The number of aromatic carboxylic acids is 1. The number of carboxylic acids is 2. The highest BCUT2D eigenvalue weighted by molar-refractivity contribution is 7.89. The van der Waals surface area contributed by atoms with Gasteiger partial charge in [0.2, 0.25) is 0 Å². The van der Waals surface area contributed by atoms with Crippen LogP contribution in [0.25, 0.3) is 0 Å². The van der Waals surface area contributed by atoms with E-state index in [-0.39, 0.29) is 31.2 Å². The molecule has 0 aromatic heterocycles. The van der Waals surface area contributed by atoms with E-state index >= 15 is 0 Å². The number of morpholine rings is 1. The number of hydrazone groups is 1. The van der Waals surface area contributed by atoms with E-state index in [2.05, 4.69) is 15.7 Å². The number of ether oxygens (including phenoxy) is 1. The average Bonchev–Trinajstić information content (AvgIpc) is 3.70. The molecule has 1 aliphatic carbocycles. The van der Waals surface area contributed by atoms with Crippen LogP contribution in [0.3, 0.4) is 0 Å². The molecule has 0 radical (unpaired) electrons. The summed E-state index contributed by atoms with van der Waals surface area (Å²) >= 11 is 0. The van der Waals surface area contributed by atoms with Crippen LogP contribution in [0.5, 0.6) is 0 Å². The van der Waals surface area contributed by atoms with E-state index in [1.165, 1.54) is 20.0 Å². The fourth-order valence-corrected chi connectivity index (χ4v) is 6.05. The van der Waals surface area contributed by atoms with Gasteiger partial charge in [-0.3, -0.25) is 9.59 Å². The van der Waals surface area contributed by atoms with Crippen LogP contribution in [-0.4, -0.2) is 103 Å². The van der Waals surface area contributed by atoms with E-state index in [1.807, 2.05) is 0 Å². The summed E-state index contributed by atoms with van der Waals surface area (Å²) in [7, 11) is -3.72. The fourth-order valence-electron chi connectivity index (χ4n) is 4.11. The summed E-state index contributed by atoms with van der Waals surface area (Å²) in [5, 5.41) is 28.1. The molecule has 1 saturated heterocycles. The number of nitrogens with one attached hydrogen (secondary N) is 2. The summed E-state index contributed by atoms with van der Waals surface area (Å²) in [6, 6.07) is -0.385. The number of carbonyl (C=O) groups excluding carboxylic acids is 2. The van der Waals surface area contributed by atoms with Crippen molar-refractivity contribution in [1.29, 1.82) is 0 Å². The fraction of sp³-hybridized carbons (Fsp3) is 0.522. The SMILES string of the molecule is CC(CCC(=O)O)N(C(=O)NC1CC1)S(=O)(=O)c1c(C(=O)O)ccc(C=NN)c1C(=O)N(C)C1CNCCO1. The minimum Gasteiger partial charge on any atom is -0.481 e. The van der Waals surface area contributed by atoms with Gasteiger partial charge >= 0.3 is 18.0 Å². The maximum atomic E-state index is 14.2. The van der Waals surface area contributed by atoms with E-state index in [4.69, 9.17) is 15.7 Å². The predicted octanol–water partition coefficient (Wildman–Crippen LogP) is -0.189. The van der Waals surface area contributed by atoms with E-state index in [0.717, 1.165) is 17.2 Å². The van der Waals surface area contributed by atoms with Crippen molar-refractivity contribution in [2.45, 2.75) is 55.8 Å². The number of urea groups is 1. The molecule has 3 rings (SSSR count). The van der Waals surface area contributed by atoms with Crippen LogP contribution in [0, 0.1) is 0 Å². The number of nitrogens with zero attached hydrogens (tertiary/aromatic N) is 3. The second kappa shape index (κ2) is 12.4. The molecule has 0 spiro atoms. The summed E-state index contributed by atoms with van der Waals surface area (Å²) < 4.78 is 34.5. The highest BCUT2D eigenvalue weighted by Crippen LogP contribution is 2.31. The molecule has 3 amide bonds. The molecule has 1 aliphatic heterocycles. The number of benzene rings is 1. The Bertz CT molecular complexity index is 1260. The zero-order valence-electron chi connectivity index (χ0n) is 21.5. The number of rotatable bonds is 11. The first-order valence-corrected chi connectivity index (χ1v) is 13.6. The van der Waals surface area contributed by atoms with Gasteiger partial charge in [0.05, 0.1) is 23.9 Å². The standard InChI is InChI=1S/C23H32N6O9S/c1-13(3-8-18(30)31)29(23(35)27-15-5-6-15)39(36,37)20-16(22(33)34)7-4-14(11-26-24)19(20)21(32)28(2)17-12-25-9-10-38-17/h4,7,11,13,15,17,25H,3,5-6,8-10,12,24H2,1-2H3,(H,27,35)(H,30,31)(H,33,34). The summed E-state index contributed by atoms with van der Waals surface area (Å²) in [6.07, 6.45) is 0.710. The number of amides is 3. The summed E-state index contributed by atoms with van der Waals surface area (Å²) in [5.41, 5.74) is -1.45. The minimum atomic E-state index is -5.08. The van der Waals surface area contributed by atoms with Gasteiger partial charge in [-0.05, 0) is 32.3 Å². The van der Waals surface area contributed by atoms with Crippen molar-refractivity contribution in [3.63, 3.8) is 0 Å². The van der Waals surface area contributed by atoms with Crippen molar-refractivity contribution in [2.75, 3.05) is 26.7 Å². The van der Waals surface area contributed by atoms with Gasteiger partial charge in [-0.2, -0.15) is 5.10 Å². The molecule has 2 unspecified atom stereocenters. The third kappa shape index (κ3) is 6.82. The lowest BCUT2D eigenvalue weighted by molar-refractivity contribution is -0.137. The second-order valence-electron chi connectivity index (χ2n) is 9.24. The number of nitrogens with two attached hydrogens (primary N) is 1. The Balaban J connectivity index is 2.24. The quantitative estimate of drug-likeness (QED) is 0.134. The molecule has 214 valence electrons. The van der Waals surface area contributed by atoms with Gasteiger partial charge in [0.25, 0.3) is 15.9 Å². The molecular weight excluding hydrogens is 536 g/mol. The monoisotopic (exact) mass is 568 g/mol. The van der Waals surface area contributed by atoms with Crippen LogP contribution >= 0.6 is 0 Å². The lowest BCUT2D eigenvalue weighted by Gasteiger charge is -2.33. The highest BCUT2D eigenvalue weighted by atomic mass is 32.2. The molecule has 1 saturated carbocycles. The van der Waals surface area contributed by atoms with Crippen LogP contribution in [0.15, 0.2) is 22.1 Å². The molecule has 15 nitrogen and oxygen atoms in total. The highest BCUT2D eigenvalue weighted by Gasteiger charge is 2.42. The van der Waals surface area contributed by atoms with Crippen LogP contribution in [0.2, 0.25) is 0 Å². The van der Waals surface area contributed by atoms with Crippen molar-refractivity contribution in [2.24, 2.45) is 10.9 Å². The summed E-state index contributed by atoms with van der Waals surface area (Å²) in [4.78, 5) is 50.7. The molecule has 1 aromatic rings. The average molecular weight is 569 g/mol. The molecule has 2 fully saturated rings. The molecule has 0 bridgehead atoms. The number of hydrogen-bond acceptors (Lipinski definition) is 10. The topological polar surface area (TPSA) is 221 Å².